The van der Waals surface area contributed by atoms with Crippen molar-refractivity contribution in [1.82, 2.24) is 4.72 Å². The van der Waals surface area contributed by atoms with Crippen LogP contribution in [-0.2, 0) is 14.8 Å². The molecule has 1 aliphatic carbocycles. The molecule has 2 atom stereocenters. The molecule has 21 heavy (non-hydrogen) atoms. The van der Waals surface area contributed by atoms with E-state index in [1.54, 1.807) is 31.2 Å². The first-order chi connectivity index (χ1) is 9.83. The van der Waals surface area contributed by atoms with Crippen molar-refractivity contribution in [2.45, 2.75) is 24.3 Å². The molecule has 6 nitrogen and oxygen atoms in total. The van der Waals surface area contributed by atoms with Crippen LogP contribution in [0.15, 0.2) is 35.2 Å². The number of anilines is 1. The van der Waals surface area contributed by atoms with Gasteiger partial charge in [-0.25, -0.2) is 13.1 Å². The minimum absolute atomic E-state index is 0.0982. The Morgan fingerprint density at radius 2 is 2.05 bits per heavy atom. The number of benzene rings is 1. The Hall–Kier alpha value is -1.70. The van der Waals surface area contributed by atoms with Gasteiger partial charge >= 0.3 is 0 Å². The number of amides is 1. The highest BCUT2D eigenvalue weighted by Crippen LogP contribution is 2.22. The molecule has 0 aromatic heterocycles. The fourth-order valence-electron chi connectivity index (χ4n) is 2.23. The van der Waals surface area contributed by atoms with Gasteiger partial charge in [-0.2, -0.15) is 0 Å². The van der Waals surface area contributed by atoms with Crippen molar-refractivity contribution < 1.29 is 13.2 Å². The predicted molar refractivity (Wildman–Crippen MR) is 81.3 cm³/mol. The summed E-state index contributed by atoms with van der Waals surface area (Å²) >= 11 is 0. The summed E-state index contributed by atoms with van der Waals surface area (Å²) in [6.07, 6.45) is 4.15. The number of hydrogen-bond donors (Lipinski definition) is 3. The lowest BCUT2D eigenvalue weighted by Gasteiger charge is -2.13. The van der Waals surface area contributed by atoms with Gasteiger partial charge in [0, 0.05) is 11.7 Å². The Balaban J connectivity index is 2.20. The number of hydrogen-bond acceptors (Lipinski definition) is 4. The Morgan fingerprint density at radius 3 is 2.62 bits per heavy atom. The van der Waals surface area contributed by atoms with E-state index in [1.165, 1.54) is 13.1 Å². The number of rotatable bonds is 4. The first-order valence-corrected chi connectivity index (χ1v) is 8.11. The van der Waals surface area contributed by atoms with E-state index in [4.69, 9.17) is 5.73 Å². The molecule has 0 spiro atoms. The molecule has 1 aliphatic rings. The van der Waals surface area contributed by atoms with E-state index in [0.717, 1.165) is 0 Å². The highest BCUT2D eigenvalue weighted by molar-refractivity contribution is 7.89. The summed E-state index contributed by atoms with van der Waals surface area (Å²) < 4.78 is 26.1. The highest BCUT2D eigenvalue weighted by Gasteiger charge is 2.23. The second-order valence-corrected chi connectivity index (χ2v) is 6.92. The summed E-state index contributed by atoms with van der Waals surface area (Å²) in [5.41, 5.74) is 6.79. The van der Waals surface area contributed by atoms with Gasteiger partial charge in [-0.15, -0.1) is 0 Å². The second-order valence-electron chi connectivity index (χ2n) is 5.07. The summed E-state index contributed by atoms with van der Waals surface area (Å²) in [7, 11) is -2.20. The summed E-state index contributed by atoms with van der Waals surface area (Å²) in [6, 6.07) is 4.70. The third-order valence-electron chi connectivity index (χ3n) is 3.47. The molecule has 0 fully saturated rings. The van der Waals surface area contributed by atoms with Gasteiger partial charge in [0.1, 0.15) is 0 Å². The fourth-order valence-corrected chi connectivity index (χ4v) is 3.23. The number of aryl methyl sites for hydroxylation is 1. The maximum atomic E-state index is 12.1. The predicted octanol–water partition coefficient (Wildman–Crippen LogP) is 0.745. The number of carbonyl (C=O) groups is 1. The Bertz CT molecular complexity index is 683. The van der Waals surface area contributed by atoms with Crippen LogP contribution < -0.4 is 15.8 Å². The molecule has 4 N–H and O–H groups in total. The summed E-state index contributed by atoms with van der Waals surface area (Å²) in [5, 5.41) is 2.73. The van der Waals surface area contributed by atoms with Crippen LogP contribution in [0.2, 0.25) is 0 Å². The summed E-state index contributed by atoms with van der Waals surface area (Å²) in [5.74, 6) is -0.457. The van der Waals surface area contributed by atoms with Crippen LogP contribution in [0.1, 0.15) is 12.0 Å². The second kappa shape index (κ2) is 5.97. The topological polar surface area (TPSA) is 101 Å². The Kier molecular flexibility index (Phi) is 4.46. The number of carbonyl (C=O) groups excluding carboxylic acids is 1. The molecule has 2 rings (SSSR count). The largest absolute Gasteiger partial charge is 0.326 e. The van der Waals surface area contributed by atoms with Crippen LogP contribution in [0.4, 0.5) is 5.69 Å². The van der Waals surface area contributed by atoms with Crippen LogP contribution in [-0.4, -0.2) is 27.4 Å². The molecule has 0 saturated heterocycles. The van der Waals surface area contributed by atoms with Crippen molar-refractivity contribution in [3.05, 3.63) is 35.9 Å². The molecular weight excluding hydrogens is 290 g/mol. The van der Waals surface area contributed by atoms with Crippen molar-refractivity contribution in [2.24, 2.45) is 11.7 Å². The highest BCUT2D eigenvalue weighted by atomic mass is 32.2. The molecular formula is C14H19N3O3S. The molecule has 1 aromatic carbocycles. The van der Waals surface area contributed by atoms with Crippen molar-refractivity contribution in [2.75, 3.05) is 12.4 Å². The average molecular weight is 309 g/mol. The summed E-state index contributed by atoms with van der Waals surface area (Å²) in [4.78, 5) is 12.2. The normalized spacial score (nSPS) is 21.5. The first-order valence-electron chi connectivity index (χ1n) is 6.62. The zero-order chi connectivity index (χ0) is 15.6. The third kappa shape index (κ3) is 3.49. The van der Waals surface area contributed by atoms with Crippen LogP contribution in [0.25, 0.3) is 0 Å². The molecule has 7 heteroatoms. The van der Waals surface area contributed by atoms with Gasteiger partial charge in [-0.05, 0) is 38.1 Å². The van der Waals surface area contributed by atoms with Crippen LogP contribution in [0, 0.1) is 12.8 Å². The van der Waals surface area contributed by atoms with Gasteiger partial charge in [0.25, 0.3) is 0 Å². The number of nitrogens with two attached hydrogens (primary N) is 1. The minimum Gasteiger partial charge on any atom is -0.326 e. The van der Waals surface area contributed by atoms with Gasteiger partial charge in [0.2, 0.25) is 15.9 Å². The smallest absolute Gasteiger partial charge is 0.240 e. The quantitative estimate of drug-likeness (QED) is 0.714. The van der Waals surface area contributed by atoms with E-state index in [-0.39, 0.29) is 22.8 Å². The molecule has 0 radical (unpaired) electrons. The van der Waals surface area contributed by atoms with Crippen LogP contribution in [0.3, 0.4) is 0 Å². The molecule has 0 heterocycles. The standard InChI is InChI=1S/C14H19N3O3S/c1-9-3-6-12(8-13(9)21(19,20)16-2)17-14(18)10-4-5-11(15)7-10/h3-6,8,10-11,16H,7,15H2,1-2H3,(H,17,18). The van der Waals surface area contributed by atoms with Crippen molar-refractivity contribution in [3.8, 4) is 0 Å². The van der Waals surface area contributed by atoms with E-state index >= 15 is 0 Å². The van der Waals surface area contributed by atoms with Crippen LogP contribution in [0.5, 0.6) is 0 Å². The van der Waals surface area contributed by atoms with Gasteiger partial charge in [0.15, 0.2) is 0 Å². The zero-order valence-electron chi connectivity index (χ0n) is 12.0. The number of sulfonamides is 1. The lowest BCUT2D eigenvalue weighted by Crippen LogP contribution is -2.24. The van der Waals surface area contributed by atoms with E-state index in [1.807, 2.05) is 0 Å². The molecule has 2 unspecified atom stereocenters. The molecule has 0 bridgehead atoms. The third-order valence-corrected chi connectivity index (χ3v) is 5.02. The van der Waals surface area contributed by atoms with E-state index in [0.29, 0.717) is 17.7 Å². The van der Waals surface area contributed by atoms with E-state index in [9.17, 15) is 13.2 Å². The Morgan fingerprint density at radius 1 is 1.33 bits per heavy atom. The van der Waals surface area contributed by atoms with Gasteiger partial charge in [-0.1, -0.05) is 18.2 Å². The monoisotopic (exact) mass is 309 g/mol. The summed E-state index contributed by atoms with van der Waals surface area (Å²) in [6.45, 7) is 1.70. The van der Waals surface area contributed by atoms with Crippen LogP contribution >= 0.6 is 0 Å². The SMILES string of the molecule is CNS(=O)(=O)c1cc(NC(=O)C2C=CC(N)C2)ccc1C. The van der Waals surface area contributed by atoms with E-state index < -0.39 is 10.0 Å². The van der Waals surface area contributed by atoms with Crippen molar-refractivity contribution in [3.63, 3.8) is 0 Å². The first kappa shape index (κ1) is 15.7. The maximum absolute atomic E-state index is 12.1. The lowest BCUT2D eigenvalue weighted by atomic mass is 10.1. The fraction of sp³-hybridized carbons (Fsp3) is 0.357. The minimum atomic E-state index is -3.55. The Labute approximate surface area is 124 Å². The van der Waals surface area contributed by atoms with Crippen molar-refractivity contribution in [1.29, 1.82) is 0 Å². The lowest BCUT2D eigenvalue weighted by molar-refractivity contribution is -0.118. The molecule has 0 aliphatic heterocycles. The van der Waals surface area contributed by atoms with Gasteiger partial charge in [-0.3, -0.25) is 4.79 Å². The van der Waals surface area contributed by atoms with Gasteiger partial charge in [0.05, 0.1) is 10.8 Å². The molecule has 114 valence electrons. The molecule has 1 amide bonds. The van der Waals surface area contributed by atoms with Gasteiger partial charge < -0.3 is 11.1 Å². The maximum Gasteiger partial charge on any atom is 0.240 e. The van der Waals surface area contributed by atoms with E-state index in [2.05, 4.69) is 10.0 Å². The number of nitrogens with one attached hydrogen (secondary N) is 2. The molecule has 1 aromatic rings. The molecule has 0 saturated carbocycles. The average Bonchev–Trinajstić information content (AvgIpc) is 2.87. The zero-order valence-corrected chi connectivity index (χ0v) is 12.8. The van der Waals surface area contributed by atoms with Crippen molar-refractivity contribution >= 4 is 21.6 Å².